The van der Waals surface area contributed by atoms with Gasteiger partial charge in [0.05, 0.1) is 12.8 Å². The smallest absolute Gasteiger partial charge is 0.246 e. The number of amides is 2. The van der Waals surface area contributed by atoms with E-state index < -0.39 is 6.04 Å². The second kappa shape index (κ2) is 10.9. The summed E-state index contributed by atoms with van der Waals surface area (Å²) in [4.78, 5) is 28.3. The number of likely N-dealkylation sites (tertiary alicyclic amines) is 1. The fourth-order valence-electron chi connectivity index (χ4n) is 4.31. The number of methoxy groups -OCH3 is 1. The Morgan fingerprint density at radius 2 is 1.65 bits per heavy atom. The molecule has 1 fully saturated rings. The molecule has 0 aromatic heterocycles. The van der Waals surface area contributed by atoms with Crippen molar-refractivity contribution in [2.45, 2.75) is 18.9 Å². The number of piperidine rings is 1. The molecule has 4 rings (SSSR count). The Hall–Kier alpha value is -3.84. The van der Waals surface area contributed by atoms with Crippen LogP contribution in [0.5, 0.6) is 11.5 Å². The Bertz CT molecular complexity index is 1130. The van der Waals surface area contributed by atoms with Crippen LogP contribution in [0.1, 0.15) is 24.4 Å². The molecule has 1 atom stereocenters. The van der Waals surface area contributed by atoms with E-state index in [0.29, 0.717) is 43.1 Å². The number of benzene rings is 3. The van der Waals surface area contributed by atoms with Crippen molar-refractivity contribution in [1.82, 2.24) is 4.90 Å². The highest BCUT2D eigenvalue weighted by atomic mass is 16.5. The number of nitrogens with one attached hydrogen (secondary N) is 2. The fraction of sp³-hybridized carbons (Fsp3) is 0.259. The lowest BCUT2D eigenvalue weighted by Crippen LogP contribution is -2.44. The summed E-state index contributed by atoms with van der Waals surface area (Å²) in [5.74, 6) is 0.292. The van der Waals surface area contributed by atoms with Gasteiger partial charge in [-0.1, -0.05) is 48.5 Å². The molecule has 34 heavy (non-hydrogen) atoms. The van der Waals surface area contributed by atoms with Gasteiger partial charge in [0.25, 0.3) is 0 Å². The minimum Gasteiger partial charge on any atom is -0.506 e. The molecule has 0 bridgehead atoms. The molecular formula is C27H29N3O4. The molecule has 0 saturated carbocycles. The normalized spacial score (nSPS) is 15.3. The highest BCUT2D eigenvalue weighted by molar-refractivity contribution is 5.96. The number of hydrogen-bond acceptors (Lipinski definition) is 5. The zero-order chi connectivity index (χ0) is 23.9. The van der Waals surface area contributed by atoms with Crippen LogP contribution in [0.3, 0.4) is 0 Å². The minimum atomic E-state index is -0.477. The van der Waals surface area contributed by atoms with Gasteiger partial charge in [-0.3, -0.25) is 14.5 Å². The van der Waals surface area contributed by atoms with E-state index in [1.54, 1.807) is 37.4 Å². The molecular weight excluding hydrogens is 430 g/mol. The van der Waals surface area contributed by atoms with E-state index >= 15 is 0 Å². The Labute approximate surface area is 199 Å². The fourth-order valence-corrected chi connectivity index (χ4v) is 4.31. The van der Waals surface area contributed by atoms with Crippen LogP contribution in [-0.4, -0.2) is 42.0 Å². The maximum atomic E-state index is 13.4. The minimum absolute atomic E-state index is 0.0478. The van der Waals surface area contributed by atoms with Crippen LogP contribution < -0.4 is 15.4 Å². The van der Waals surface area contributed by atoms with Gasteiger partial charge in [0.15, 0.2) is 0 Å². The van der Waals surface area contributed by atoms with E-state index in [1.165, 1.54) is 0 Å². The Morgan fingerprint density at radius 1 is 0.941 bits per heavy atom. The van der Waals surface area contributed by atoms with Crippen LogP contribution in [0.2, 0.25) is 0 Å². The number of phenolic OH excluding ortho intramolecular Hbond substituents is 1. The predicted molar refractivity (Wildman–Crippen MR) is 132 cm³/mol. The quantitative estimate of drug-likeness (QED) is 0.455. The molecule has 1 saturated heterocycles. The first kappa shape index (κ1) is 23.3. The molecule has 3 aromatic rings. The van der Waals surface area contributed by atoms with Crippen LogP contribution in [-0.2, 0) is 9.59 Å². The summed E-state index contributed by atoms with van der Waals surface area (Å²) < 4.78 is 5.27. The van der Waals surface area contributed by atoms with Crippen molar-refractivity contribution < 1.29 is 19.4 Å². The standard InChI is InChI=1S/C27H29N3O4/c1-34-22-11-7-10-21(18-22)28-27(33)25(19-8-3-2-4-9-19)30-16-14-20(15-17-30)26(32)29-23-12-5-6-13-24(23)31/h2-13,18,20,25,31H,14-17H2,1H3,(H,28,33)(H,29,32)/t25-/m1/s1. The summed E-state index contributed by atoms with van der Waals surface area (Å²) in [6, 6.07) is 23.2. The van der Waals surface area contributed by atoms with Crippen molar-refractivity contribution in [3.63, 3.8) is 0 Å². The largest absolute Gasteiger partial charge is 0.506 e. The first-order valence-corrected chi connectivity index (χ1v) is 11.4. The number of hydrogen-bond donors (Lipinski definition) is 3. The summed E-state index contributed by atoms with van der Waals surface area (Å²) in [7, 11) is 1.59. The number of aromatic hydroxyl groups is 1. The van der Waals surface area contributed by atoms with Crippen molar-refractivity contribution in [2.75, 3.05) is 30.8 Å². The molecule has 7 nitrogen and oxygen atoms in total. The van der Waals surface area contributed by atoms with Gasteiger partial charge in [0.2, 0.25) is 11.8 Å². The molecule has 0 spiro atoms. The van der Waals surface area contributed by atoms with Crippen LogP contribution in [0.25, 0.3) is 0 Å². The van der Waals surface area contributed by atoms with Crippen LogP contribution >= 0.6 is 0 Å². The Morgan fingerprint density at radius 3 is 2.35 bits per heavy atom. The van der Waals surface area contributed by atoms with Gasteiger partial charge in [0.1, 0.15) is 17.5 Å². The van der Waals surface area contributed by atoms with Crippen LogP contribution in [0.15, 0.2) is 78.9 Å². The van der Waals surface area contributed by atoms with E-state index in [2.05, 4.69) is 15.5 Å². The molecule has 0 radical (unpaired) electrons. The number of phenols is 1. The summed E-state index contributed by atoms with van der Waals surface area (Å²) in [5.41, 5.74) is 1.98. The Balaban J connectivity index is 1.45. The van der Waals surface area contributed by atoms with Crippen LogP contribution in [0.4, 0.5) is 11.4 Å². The average molecular weight is 460 g/mol. The third-order valence-corrected chi connectivity index (χ3v) is 6.13. The highest BCUT2D eigenvalue weighted by Gasteiger charge is 2.33. The lowest BCUT2D eigenvalue weighted by Gasteiger charge is -2.36. The number of carbonyl (C=O) groups is 2. The topological polar surface area (TPSA) is 90.9 Å². The maximum Gasteiger partial charge on any atom is 0.246 e. The second-order valence-corrected chi connectivity index (χ2v) is 8.35. The second-order valence-electron chi connectivity index (χ2n) is 8.35. The molecule has 1 aliphatic heterocycles. The van der Waals surface area contributed by atoms with Crippen molar-refractivity contribution >= 4 is 23.2 Å². The van der Waals surface area contributed by atoms with Gasteiger partial charge in [-0.15, -0.1) is 0 Å². The molecule has 0 unspecified atom stereocenters. The zero-order valence-electron chi connectivity index (χ0n) is 19.1. The predicted octanol–water partition coefficient (Wildman–Crippen LogP) is 4.43. The lowest BCUT2D eigenvalue weighted by molar-refractivity contribution is -0.124. The highest BCUT2D eigenvalue weighted by Crippen LogP contribution is 2.30. The number of para-hydroxylation sites is 2. The third kappa shape index (κ3) is 5.55. The van der Waals surface area contributed by atoms with Gasteiger partial charge < -0.3 is 20.5 Å². The number of rotatable bonds is 7. The van der Waals surface area contributed by atoms with E-state index in [0.717, 1.165) is 5.56 Å². The first-order chi connectivity index (χ1) is 16.5. The van der Waals surface area contributed by atoms with Gasteiger partial charge in [-0.25, -0.2) is 0 Å². The SMILES string of the molecule is COc1cccc(NC(=O)[C@@H](c2ccccc2)N2CCC(C(=O)Nc3ccccc3O)CC2)c1. The van der Waals surface area contributed by atoms with Crippen molar-refractivity contribution in [2.24, 2.45) is 5.92 Å². The number of nitrogens with zero attached hydrogens (tertiary/aromatic N) is 1. The summed E-state index contributed by atoms with van der Waals surface area (Å²) >= 11 is 0. The van der Waals surface area contributed by atoms with Crippen molar-refractivity contribution in [1.29, 1.82) is 0 Å². The monoisotopic (exact) mass is 459 g/mol. The van der Waals surface area contributed by atoms with Crippen molar-refractivity contribution in [3.05, 3.63) is 84.4 Å². The summed E-state index contributed by atoms with van der Waals surface area (Å²) in [6.07, 6.45) is 1.24. The van der Waals surface area contributed by atoms with E-state index in [1.807, 2.05) is 48.5 Å². The molecule has 1 heterocycles. The molecule has 176 valence electrons. The van der Waals surface area contributed by atoms with E-state index in [4.69, 9.17) is 4.74 Å². The van der Waals surface area contributed by atoms with Gasteiger partial charge >= 0.3 is 0 Å². The molecule has 0 aliphatic carbocycles. The van der Waals surface area contributed by atoms with Gasteiger partial charge in [-0.2, -0.15) is 0 Å². The molecule has 1 aliphatic rings. The molecule has 7 heteroatoms. The first-order valence-electron chi connectivity index (χ1n) is 11.4. The van der Waals surface area contributed by atoms with Gasteiger partial charge in [0, 0.05) is 17.7 Å². The van der Waals surface area contributed by atoms with E-state index in [9.17, 15) is 14.7 Å². The van der Waals surface area contributed by atoms with Gasteiger partial charge in [-0.05, 0) is 55.8 Å². The maximum absolute atomic E-state index is 13.4. The van der Waals surface area contributed by atoms with Crippen LogP contribution in [0, 0.1) is 5.92 Å². The molecule has 3 aromatic carbocycles. The third-order valence-electron chi connectivity index (χ3n) is 6.13. The van der Waals surface area contributed by atoms with E-state index in [-0.39, 0.29) is 23.5 Å². The molecule has 2 amide bonds. The summed E-state index contributed by atoms with van der Waals surface area (Å²) in [5, 5.41) is 15.8. The lowest BCUT2D eigenvalue weighted by atomic mass is 9.93. The average Bonchev–Trinajstić information content (AvgIpc) is 2.87. The summed E-state index contributed by atoms with van der Waals surface area (Å²) in [6.45, 7) is 1.20. The zero-order valence-corrected chi connectivity index (χ0v) is 19.1. The number of carbonyl (C=O) groups excluding carboxylic acids is 2. The molecule has 3 N–H and O–H groups in total. The Kier molecular flexibility index (Phi) is 7.44. The number of ether oxygens (including phenoxy) is 1. The van der Waals surface area contributed by atoms with Crippen molar-refractivity contribution in [3.8, 4) is 11.5 Å². The number of anilines is 2.